The van der Waals surface area contributed by atoms with Crippen LogP contribution in [0.1, 0.15) is 84.5 Å². The minimum atomic E-state index is -0.727. The van der Waals surface area contributed by atoms with Crippen molar-refractivity contribution in [3.05, 3.63) is 12.2 Å². The van der Waals surface area contributed by atoms with Crippen LogP contribution in [-0.2, 0) is 14.3 Å². The summed E-state index contributed by atoms with van der Waals surface area (Å²) in [5.74, 6) is -0.305. The number of ketones is 1. The van der Waals surface area contributed by atoms with Crippen molar-refractivity contribution in [2.75, 3.05) is 7.11 Å². The summed E-state index contributed by atoms with van der Waals surface area (Å²) < 4.78 is 4.62. The van der Waals surface area contributed by atoms with Gasteiger partial charge in [-0.3, -0.25) is 9.59 Å². The molecule has 1 saturated carbocycles. The predicted octanol–water partition coefficient (Wildman–Crippen LogP) is 3.95. The maximum atomic E-state index is 12.2. The average molecular weight is 383 g/mol. The molecule has 0 radical (unpaired) electrons. The topological polar surface area (TPSA) is 83.8 Å². The summed E-state index contributed by atoms with van der Waals surface area (Å²) in [6.45, 7) is 3.95. The van der Waals surface area contributed by atoms with Gasteiger partial charge in [0.1, 0.15) is 5.78 Å². The summed E-state index contributed by atoms with van der Waals surface area (Å²) in [5.41, 5.74) is -0.727. The van der Waals surface area contributed by atoms with E-state index in [2.05, 4.69) is 11.7 Å². The Labute approximate surface area is 164 Å². The Hall–Kier alpha value is -1.20. The van der Waals surface area contributed by atoms with Crippen LogP contribution in [0.2, 0.25) is 0 Å². The van der Waals surface area contributed by atoms with E-state index < -0.39 is 11.7 Å². The van der Waals surface area contributed by atoms with Crippen LogP contribution in [0.4, 0.5) is 0 Å². The van der Waals surface area contributed by atoms with Crippen LogP contribution in [0.3, 0.4) is 0 Å². The Balaban J connectivity index is 2.42. The molecular formula is C22H38O5. The summed E-state index contributed by atoms with van der Waals surface area (Å²) in [7, 11) is 1.40. The van der Waals surface area contributed by atoms with E-state index in [0.717, 1.165) is 51.4 Å². The first-order valence-corrected chi connectivity index (χ1v) is 10.5. The molecule has 27 heavy (non-hydrogen) atoms. The Morgan fingerprint density at radius 2 is 1.96 bits per heavy atom. The fourth-order valence-electron chi connectivity index (χ4n) is 3.82. The van der Waals surface area contributed by atoms with Crippen molar-refractivity contribution in [1.82, 2.24) is 0 Å². The van der Waals surface area contributed by atoms with Gasteiger partial charge in [0.2, 0.25) is 0 Å². The molecule has 3 unspecified atom stereocenters. The molecule has 1 rings (SSSR count). The number of aliphatic hydroxyl groups excluding tert-OH is 1. The van der Waals surface area contributed by atoms with Crippen LogP contribution in [0, 0.1) is 11.8 Å². The van der Waals surface area contributed by atoms with E-state index in [0.29, 0.717) is 12.8 Å². The number of aliphatic hydroxyl groups is 2. The van der Waals surface area contributed by atoms with E-state index in [1.165, 1.54) is 7.11 Å². The summed E-state index contributed by atoms with van der Waals surface area (Å²) in [5, 5.41) is 20.6. The summed E-state index contributed by atoms with van der Waals surface area (Å²) in [6, 6.07) is 0. The van der Waals surface area contributed by atoms with Gasteiger partial charge in [-0.2, -0.15) is 0 Å². The summed E-state index contributed by atoms with van der Waals surface area (Å²) in [4.78, 5) is 23.3. The molecule has 0 aromatic rings. The van der Waals surface area contributed by atoms with Crippen molar-refractivity contribution in [2.45, 2.75) is 96.2 Å². The molecule has 0 aliphatic heterocycles. The molecule has 2 N–H and O–H groups in total. The smallest absolute Gasteiger partial charge is 0.305 e. The number of carbonyl (C=O) groups excluding carboxylic acids is 2. The van der Waals surface area contributed by atoms with Crippen molar-refractivity contribution in [3.63, 3.8) is 0 Å². The number of ether oxygens (including phenoxy) is 1. The van der Waals surface area contributed by atoms with E-state index in [-0.39, 0.29) is 30.0 Å². The highest BCUT2D eigenvalue weighted by atomic mass is 16.5. The number of carbonyl (C=O) groups is 2. The average Bonchev–Trinajstić information content (AvgIpc) is 2.89. The number of Topliss-reactive ketones (excluding diaryl/α,β-unsaturated/α-hetero) is 1. The first-order valence-electron chi connectivity index (χ1n) is 10.5. The molecule has 0 heterocycles. The molecule has 0 spiro atoms. The number of rotatable bonds is 13. The third-order valence-electron chi connectivity index (χ3n) is 5.59. The molecule has 1 aliphatic rings. The van der Waals surface area contributed by atoms with Crippen LogP contribution in [-0.4, -0.2) is 40.8 Å². The molecular weight excluding hydrogens is 344 g/mol. The molecule has 1 aliphatic carbocycles. The van der Waals surface area contributed by atoms with Crippen LogP contribution in [0.15, 0.2) is 12.2 Å². The number of esters is 1. The van der Waals surface area contributed by atoms with E-state index in [1.807, 2.05) is 19.1 Å². The molecule has 0 bridgehead atoms. The minimum Gasteiger partial charge on any atom is -0.469 e. The van der Waals surface area contributed by atoms with Gasteiger partial charge in [0.15, 0.2) is 0 Å². The van der Waals surface area contributed by atoms with E-state index in [9.17, 15) is 19.8 Å². The fourth-order valence-corrected chi connectivity index (χ4v) is 3.82. The third-order valence-corrected chi connectivity index (χ3v) is 5.59. The SMILES string of the molecule is CCCC[C@](C)(O)C/C=C/C1C(O)CC(=O)C1CCCCCCC(=O)OC. The lowest BCUT2D eigenvalue weighted by molar-refractivity contribution is -0.140. The second-order valence-corrected chi connectivity index (χ2v) is 8.18. The van der Waals surface area contributed by atoms with E-state index >= 15 is 0 Å². The Morgan fingerprint density at radius 3 is 2.63 bits per heavy atom. The number of hydrogen-bond donors (Lipinski definition) is 2. The zero-order valence-corrected chi connectivity index (χ0v) is 17.3. The molecule has 0 saturated heterocycles. The van der Waals surface area contributed by atoms with Gasteiger partial charge in [-0.05, 0) is 32.6 Å². The zero-order valence-electron chi connectivity index (χ0n) is 17.3. The highest BCUT2D eigenvalue weighted by Gasteiger charge is 2.39. The Morgan fingerprint density at radius 1 is 1.26 bits per heavy atom. The van der Waals surface area contributed by atoms with Crippen molar-refractivity contribution in [3.8, 4) is 0 Å². The van der Waals surface area contributed by atoms with Crippen LogP contribution in [0.5, 0.6) is 0 Å². The van der Waals surface area contributed by atoms with Gasteiger partial charge in [0.05, 0.1) is 18.8 Å². The van der Waals surface area contributed by atoms with Gasteiger partial charge >= 0.3 is 5.97 Å². The number of hydrogen-bond acceptors (Lipinski definition) is 5. The lowest BCUT2D eigenvalue weighted by atomic mass is 9.87. The molecule has 5 nitrogen and oxygen atoms in total. The predicted molar refractivity (Wildman–Crippen MR) is 106 cm³/mol. The monoisotopic (exact) mass is 382 g/mol. The number of unbranched alkanes of at least 4 members (excludes halogenated alkanes) is 4. The molecule has 156 valence electrons. The fraction of sp³-hybridized carbons (Fsp3) is 0.818. The second kappa shape index (κ2) is 12.3. The maximum absolute atomic E-state index is 12.2. The summed E-state index contributed by atoms with van der Waals surface area (Å²) >= 11 is 0. The molecule has 0 aromatic heterocycles. The van der Waals surface area contributed by atoms with E-state index in [1.54, 1.807) is 0 Å². The Bertz CT molecular complexity index is 483. The van der Waals surface area contributed by atoms with Gasteiger partial charge in [-0.15, -0.1) is 0 Å². The molecule has 0 amide bonds. The second-order valence-electron chi connectivity index (χ2n) is 8.18. The minimum absolute atomic E-state index is 0.127. The van der Waals surface area contributed by atoms with Crippen LogP contribution < -0.4 is 0 Å². The normalized spacial score (nSPS) is 25.1. The standard InChI is InChI=1S/C22H38O5/c1-4-5-14-22(2,26)15-10-12-18-17(19(23)16-20(18)24)11-8-6-7-9-13-21(25)27-3/h10,12,17-18,20,24,26H,4-9,11,13-16H2,1-3H3/b12-10+/t17?,18?,20?,22-/m0/s1. The van der Waals surface area contributed by atoms with Gasteiger partial charge in [-0.1, -0.05) is 51.2 Å². The van der Waals surface area contributed by atoms with E-state index in [4.69, 9.17) is 0 Å². The van der Waals surface area contributed by atoms with Gasteiger partial charge < -0.3 is 14.9 Å². The maximum Gasteiger partial charge on any atom is 0.305 e. The van der Waals surface area contributed by atoms with Crippen LogP contribution in [0.25, 0.3) is 0 Å². The van der Waals surface area contributed by atoms with Gasteiger partial charge in [0, 0.05) is 24.7 Å². The van der Waals surface area contributed by atoms with Crippen molar-refractivity contribution in [2.24, 2.45) is 11.8 Å². The lowest BCUT2D eigenvalue weighted by Crippen LogP contribution is -2.23. The number of methoxy groups -OCH3 is 1. The third kappa shape index (κ3) is 9.02. The quantitative estimate of drug-likeness (QED) is 0.286. The van der Waals surface area contributed by atoms with Crippen molar-refractivity contribution >= 4 is 11.8 Å². The van der Waals surface area contributed by atoms with Crippen molar-refractivity contribution < 1.29 is 24.5 Å². The first-order chi connectivity index (χ1) is 12.8. The molecule has 5 heteroatoms. The first kappa shape index (κ1) is 23.8. The Kier molecular flexibility index (Phi) is 10.9. The van der Waals surface area contributed by atoms with Gasteiger partial charge in [-0.25, -0.2) is 0 Å². The largest absolute Gasteiger partial charge is 0.469 e. The lowest BCUT2D eigenvalue weighted by Gasteiger charge is -2.22. The van der Waals surface area contributed by atoms with Crippen LogP contribution >= 0.6 is 0 Å². The zero-order chi connectivity index (χ0) is 20.3. The highest BCUT2D eigenvalue weighted by Crippen LogP contribution is 2.34. The molecule has 1 fully saturated rings. The van der Waals surface area contributed by atoms with Gasteiger partial charge in [0.25, 0.3) is 0 Å². The molecule has 0 aromatic carbocycles. The molecule has 4 atom stereocenters. The summed E-state index contributed by atoms with van der Waals surface area (Å²) in [6.07, 6.45) is 11.7. The highest BCUT2D eigenvalue weighted by molar-refractivity contribution is 5.84. The van der Waals surface area contributed by atoms with Crippen molar-refractivity contribution in [1.29, 1.82) is 0 Å².